The van der Waals surface area contributed by atoms with E-state index < -0.39 is 112 Å². The van der Waals surface area contributed by atoms with Crippen molar-refractivity contribution in [2.45, 2.75) is 83.7 Å². The van der Waals surface area contributed by atoms with E-state index in [9.17, 15) is 65.9 Å². The van der Waals surface area contributed by atoms with Crippen LogP contribution in [0.4, 0.5) is 33.7 Å². The Bertz CT molecular complexity index is 2920. The molecule has 456 valence electrons. The monoisotopic (exact) mass is 1200 g/mol. The third kappa shape index (κ3) is 22.9. The molecule has 0 radical (unpaired) electrons. The molecule has 26 nitrogen and oxygen atoms in total. The summed E-state index contributed by atoms with van der Waals surface area (Å²) in [5.41, 5.74) is 3.47. The quantitative estimate of drug-likeness (QED) is 0.0246. The maximum Gasteiger partial charge on any atom is 0.417 e. The number of carbonyl (C=O) groups excluding carboxylic acids is 11. The van der Waals surface area contributed by atoms with E-state index in [1.165, 1.54) is 50.2 Å². The van der Waals surface area contributed by atoms with Gasteiger partial charge >= 0.3 is 12.2 Å². The van der Waals surface area contributed by atoms with Gasteiger partial charge in [0.15, 0.2) is 0 Å². The van der Waals surface area contributed by atoms with Crippen molar-refractivity contribution in [1.29, 1.82) is 0 Å². The highest BCUT2D eigenvalue weighted by molar-refractivity contribution is 6.31. The van der Waals surface area contributed by atoms with Crippen LogP contribution in [0.15, 0.2) is 66.9 Å². The van der Waals surface area contributed by atoms with Crippen LogP contribution >= 0.6 is 11.6 Å². The van der Waals surface area contributed by atoms with E-state index in [2.05, 4.69) is 47.5 Å². The Kier molecular flexibility index (Phi) is 26.4. The zero-order valence-electron chi connectivity index (χ0n) is 46.2. The fraction of sp³-hybridized carbons (Fsp3) is 0.434. The maximum absolute atomic E-state index is 15.0. The molecule has 4 rings (SSSR count). The van der Waals surface area contributed by atoms with Crippen LogP contribution < -0.4 is 53.0 Å². The fourth-order valence-electron chi connectivity index (χ4n) is 7.46. The molecule has 0 aliphatic carbocycles. The van der Waals surface area contributed by atoms with Crippen molar-refractivity contribution in [1.82, 2.24) is 46.7 Å². The zero-order valence-corrected chi connectivity index (χ0v) is 47.0. The summed E-state index contributed by atoms with van der Waals surface area (Å²) in [6, 6.07) is 2.33. The number of amides is 12. The molecular formula is C53H65ClF4N12O14. The van der Waals surface area contributed by atoms with Gasteiger partial charge in [-0.2, -0.15) is 13.2 Å². The number of carbonyl (C=O) groups is 11. The van der Waals surface area contributed by atoms with Crippen molar-refractivity contribution in [3.63, 3.8) is 0 Å². The number of likely N-dealkylation sites (N-methyl/N-ethyl adjacent to an activating group) is 1. The number of nitrogens with zero attached hydrogens (tertiary/aromatic N) is 3. The van der Waals surface area contributed by atoms with Crippen molar-refractivity contribution < 1.29 is 84.5 Å². The molecule has 12 amide bonds. The number of urea groups is 1. The van der Waals surface area contributed by atoms with Gasteiger partial charge in [0, 0.05) is 82.2 Å². The summed E-state index contributed by atoms with van der Waals surface area (Å²) in [6.45, 7) is 6.50. The van der Waals surface area contributed by atoms with Crippen molar-refractivity contribution in [2.24, 2.45) is 11.7 Å². The number of alkyl halides is 3. The highest BCUT2D eigenvalue weighted by Crippen LogP contribution is 2.36. The number of nitrogens with two attached hydrogens (primary N) is 1. The second-order valence-electron chi connectivity index (χ2n) is 19.1. The molecule has 4 atom stereocenters. The van der Waals surface area contributed by atoms with E-state index in [-0.39, 0.29) is 112 Å². The molecule has 2 aromatic carbocycles. The van der Waals surface area contributed by atoms with Crippen molar-refractivity contribution in [3.8, 4) is 11.5 Å². The maximum atomic E-state index is 15.0. The van der Waals surface area contributed by atoms with Crippen LogP contribution in [-0.4, -0.2) is 164 Å². The summed E-state index contributed by atoms with van der Waals surface area (Å²) in [5, 5.41) is 18.8. The highest BCUT2D eigenvalue weighted by Gasteiger charge is 2.34. The van der Waals surface area contributed by atoms with Crippen molar-refractivity contribution in [2.75, 3.05) is 70.3 Å². The number of anilines is 2. The van der Waals surface area contributed by atoms with E-state index in [0.29, 0.717) is 6.07 Å². The van der Waals surface area contributed by atoms with Crippen LogP contribution in [0.5, 0.6) is 11.5 Å². The molecule has 1 aliphatic heterocycles. The Labute approximate surface area is 484 Å². The van der Waals surface area contributed by atoms with E-state index in [4.69, 9.17) is 31.5 Å². The molecule has 0 fully saturated rings. The van der Waals surface area contributed by atoms with E-state index >= 15 is 4.39 Å². The third-order valence-corrected chi connectivity index (χ3v) is 12.1. The first-order valence-corrected chi connectivity index (χ1v) is 26.3. The van der Waals surface area contributed by atoms with Crippen molar-refractivity contribution >= 4 is 88.1 Å². The molecule has 1 aliphatic rings. The average Bonchev–Trinajstić information content (AvgIpc) is 3.90. The van der Waals surface area contributed by atoms with Gasteiger partial charge in [0.05, 0.1) is 49.1 Å². The Hall–Kier alpha value is -8.77. The minimum absolute atomic E-state index is 0.0309. The SMILES string of the molecule is CC(C)CC(NC(=O)[C@@H](CC(N)=O)NC(=O)[C@@H](C)NC(=O)[C@@H](C)NC(=O)CCOCCOCCNC(=O)CCN1C(=O)C=CC1=O)C(=O)N(C)CCNC(=O)c1cc(Oc2ccc(NC(=O)Nc3ccc(Cl)c(C(F)(F)F)c3)c(F)c2)ccn1. The number of nitrogens with one attached hydrogen (secondary N) is 8. The Morgan fingerprint density at radius 2 is 1.37 bits per heavy atom. The Morgan fingerprint density at radius 3 is 2.02 bits per heavy atom. The summed E-state index contributed by atoms with van der Waals surface area (Å²) < 4.78 is 71.2. The summed E-state index contributed by atoms with van der Waals surface area (Å²) >= 11 is 5.62. The van der Waals surface area contributed by atoms with Crippen LogP contribution in [0.3, 0.4) is 0 Å². The summed E-state index contributed by atoms with van der Waals surface area (Å²) in [5.74, 6) is -7.97. The molecule has 3 aromatic rings. The van der Waals surface area contributed by atoms with E-state index in [1.807, 2.05) is 0 Å². The van der Waals surface area contributed by atoms with Gasteiger partial charge in [-0.05, 0) is 62.6 Å². The minimum atomic E-state index is -4.79. The van der Waals surface area contributed by atoms with Gasteiger partial charge in [0.1, 0.15) is 47.2 Å². The lowest BCUT2D eigenvalue weighted by Crippen LogP contribution is -2.58. The summed E-state index contributed by atoms with van der Waals surface area (Å²) in [6.07, 6.45) is -2.08. The van der Waals surface area contributed by atoms with Crippen LogP contribution in [0.1, 0.15) is 69.4 Å². The van der Waals surface area contributed by atoms with Crippen molar-refractivity contribution in [3.05, 3.63) is 89.0 Å². The number of imide groups is 1. The number of hydrogen-bond donors (Lipinski definition) is 9. The van der Waals surface area contributed by atoms with Crippen LogP contribution in [-0.2, 0) is 58.8 Å². The first-order valence-electron chi connectivity index (χ1n) is 26.0. The minimum Gasteiger partial charge on any atom is -0.457 e. The molecule has 0 bridgehead atoms. The smallest absolute Gasteiger partial charge is 0.417 e. The fourth-order valence-corrected chi connectivity index (χ4v) is 7.69. The number of ether oxygens (including phenoxy) is 3. The average molecular weight is 1210 g/mol. The van der Waals surface area contributed by atoms with Gasteiger partial charge in [-0.1, -0.05) is 25.4 Å². The number of halogens is 5. The Balaban J connectivity index is 1.18. The van der Waals surface area contributed by atoms with Crippen LogP contribution in [0, 0.1) is 11.7 Å². The summed E-state index contributed by atoms with van der Waals surface area (Å²) in [4.78, 5) is 145. The number of pyridine rings is 1. The lowest BCUT2D eigenvalue weighted by Gasteiger charge is -2.28. The third-order valence-electron chi connectivity index (χ3n) is 11.8. The second kappa shape index (κ2) is 32.8. The van der Waals surface area contributed by atoms with Crippen LogP contribution in [0.25, 0.3) is 0 Å². The molecule has 2 heterocycles. The predicted octanol–water partition coefficient (Wildman–Crippen LogP) is 2.27. The summed E-state index contributed by atoms with van der Waals surface area (Å²) in [7, 11) is 1.41. The molecule has 0 saturated carbocycles. The number of rotatable bonds is 32. The largest absolute Gasteiger partial charge is 0.457 e. The predicted molar refractivity (Wildman–Crippen MR) is 292 cm³/mol. The molecule has 10 N–H and O–H groups in total. The number of primary amides is 1. The lowest BCUT2D eigenvalue weighted by atomic mass is 10.0. The highest BCUT2D eigenvalue weighted by atomic mass is 35.5. The standard InChI is InChI=1S/C53H65ClF4N12O14/c1-29(2)24-41(51(80)69(5)19-16-62-49(78)39-27-34(12-15-60-39)84-33-7-9-38(37(55)26-33)68-52(81)65-32-6-8-36(54)35(25-32)53(56,57)58)67-50(79)40(28-42(59)71)66-48(77)31(4)64-47(76)30(3)63-44(73)14-20-82-22-23-83-21-17-61-43(72)13-18-70-45(74)10-11-46(70)75/h6-12,15,25-27,29-31,40-41H,13-14,16-24,28H2,1-5H3,(H2,59,71)(H,61,72)(H,62,78)(H,63,73)(H,64,76)(H,66,77)(H,67,79)(H2,65,68,81)/t30-,31-,40-,41?/m1/s1. The number of aromatic nitrogens is 1. The van der Waals surface area contributed by atoms with Gasteiger partial charge in [-0.25, -0.2) is 9.18 Å². The first-order chi connectivity index (χ1) is 39.6. The van der Waals surface area contributed by atoms with E-state index in [1.54, 1.807) is 13.8 Å². The Morgan fingerprint density at radius 1 is 0.726 bits per heavy atom. The first kappa shape index (κ1) is 67.7. The van der Waals surface area contributed by atoms with Gasteiger partial charge in [0.2, 0.25) is 41.4 Å². The molecule has 0 saturated heterocycles. The van der Waals surface area contributed by atoms with Crippen LogP contribution in [0.2, 0.25) is 5.02 Å². The number of hydrogen-bond acceptors (Lipinski definition) is 15. The van der Waals surface area contributed by atoms with E-state index in [0.717, 1.165) is 41.3 Å². The topological polar surface area (TPSA) is 357 Å². The molecule has 84 heavy (non-hydrogen) atoms. The molecule has 31 heteroatoms. The zero-order chi connectivity index (χ0) is 62.3. The number of benzene rings is 2. The molecular weight excluding hydrogens is 1140 g/mol. The van der Waals surface area contributed by atoms with Gasteiger partial charge in [0.25, 0.3) is 17.7 Å². The normalized spacial score (nSPS) is 13.4. The second-order valence-corrected chi connectivity index (χ2v) is 19.5. The van der Waals surface area contributed by atoms with Gasteiger partial charge < -0.3 is 67.4 Å². The van der Waals surface area contributed by atoms with Gasteiger partial charge in [-0.15, -0.1) is 0 Å². The molecule has 0 spiro atoms. The molecule has 1 aromatic heterocycles. The molecule has 1 unspecified atom stereocenters. The van der Waals surface area contributed by atoms with Gasteiger partial charge in [-0.3, -0.25) is 57.8 Å². The lowest BCUT2D eigenvalue weighted by molar-refractivity contribution is -0.138.